The van der Waals surface area contributed by atoms with E-state index in [0.29, 0.717) is 11.1 Å². The summed E-state index contributed by atoms with van der Waals surface area (Å²) >= 11 is 0. The summed E-state index contributed by atoms with van der Waals surface area (Å²) in [5.41, 5.74) is 1.95. The fourth-order valence-corrected chi connectivity index (χ4v) is 3.76. The first-order chi connectivity index (χ1) is 13.2. The van der Waals surface area contributed by atoms with Crippen molar-refractivity contribution >= 4 is 28.0 Å². The molecule has 3 aromatic heterocycles. The van der Waals surface area contributed by atoms with Crippen molar-refractivity contribution in [2.24, 2.45) is 0 Å². The lowest BCUT2D eigenvalue weighted by Crippen LogP contribution is -2.35. The number of hydrogen-bond donors (Lipinski definition) is 1. The van der Waals surface area contributed by atoms with Crippen LogP contribution in [0, 0.1) is 0 Å². The Morgan fingerprint density at radius 1 is 1.30 bits per heavy atom. The average molecular weight is 363 g/mol. The van der Waals surface area contributed by atoms with E-state index in [1.807, 2.05) is 24.3 Å². The molecule has 3 heterocycles. The van der Waals surface area contributed by atoms with Crippen LogP contribution in [0.5, 0.6) is 0 Å². The Hall–Kier alpha value is -3.35. The van der Waals surface area contributed by atoms with Crippen LogP contribution in [-0.2, 0) is 17.8 Å². The topological polar surface area (TPSA) is 90.3 Å². The number of hydrogen-bond acceptors (Lipinski definition) is 5. The Bertz CT molecular complexity index is 1220. The van der Waals surface area contributed by atoms with Crippen LogP contribution in [0.2, 0.25) is 0 Å². The van der Waals surface area contributed by atoms with E-state index in [9.17, 15) is 9.59 Å². The van der Waals surface area contributed by atoms with Crippen molar-refractivity contribution in [1.29, 1.82) is 0 Å². The van der Waals surface area contributed by atoms with Crippen LogP contribution in [0.4, 0.5) is 0 Å². The fraction of sp³-hybridized carbons (Fsp3) is 0.250. The second-order valence-corrected chi connectivity index (χ2v) is 6.77. The van der Waals surface area contributed by atoms with Crippen LogP contribution >= 0.6 is 0 Å². The highest BCUT2D eigenvalue weighted by molar-refractivity contribution is 6.01. The highest BCUT2D eigenvalue weighted by atomic mass is 16.3. The Kier molecular flexibility index (Phi) is 3.60. The van der Waals surface area contributed by atoms with Crippen LogP contribution < -0.4 is 10.9 Å². The molecule has 5 rings (SSSR count). The van der Waals surface area contributed by atoms with Gasteiger partial charge in [-0.2, -0.15) is 0 Å². The molecule has 1 aromatic carbocycles. The third-order valence-electron chi connectivity index (χ3n) is 5.05. The van der Waals surface area contributed by atoms with Gasteiger partial charge in [-0.15, -0.1) is 0 Å². The van der Waals surface area contributed by atoms with Crippen molar-refractivity contribution in [1.82, 2.24) is 14.9 Å². The smallest absolute Gasteiger partial charge is 0.297 e. The maximum Gasteiger partial charge on any atom is 0.297 e. The summed E-state index contributed by atoms with van der Waals surface area (Å²) in [7, 11) is 0. The van der Waals surface area contributed by atoms with Gasteiger partial charge in [-0.05, 0) is 31.0 Å². The number of aryl methyl sites for hydroxylation is 1. The molecule has 0 aliphatic heterocycles. The second kappa shape index (κ2) is 6.12. The quantitative estimate of drug-likeness (QED) is 0.604. The highest BCUT2D eigenvalue weighted by Gasteiger charge is 2.24. The average Bonchev–Trinajstić information content (AvgIpc) is 3.29. The molecule has 1 unspecified atom stereocenters. The van der Waals surface area contributed by atoms with Gasteiger partial charge in [0.2, 0.25) is 11.5 Å². The van der Waals surface area contributed by atoms with Crippen LogP contribution in [0.3, 0.4) is 0 Å². The van der Waals surface area contributed by atoms with Crippen LogP contribution in [0.25, 0.3) is 22.1 Å². The summed E-state index contributed by atoms with van der Waals surface area (Å²) < 4.78 is 12.4. The van der Waals surface area contributed by atoms with Crippen molar-refractivity contribution in [3.63, 3.8) is 0 Å². The van der Waals surface area contributed by atoms with Crippen LogP contribution in [0.15, 0.2) is 56.6 Å². The van der Waals surface area contributed by atoms with Gasteiger partial charge in [-0.3, -0.25) is 14.2 Å². The molecular formula is C20H17N3O4. The molecule has 0 radical (unpaired) electrons. The summed E-state index contributed by atoms with van der Waals surface area (Å²) in [4.78, 5) is 29.6. The summed E-state index contributed by atoms with van der Waals surface area (Å²) in [6.07, 6.45) is 5.75. The number of aromatic nitrogens is 2. The van der Waals surface area contributed by atoms with Gasteiger partial charge in [0, 0.05) is 17.4 Å². The van der Waals surface area contributed by atoms with Gasteiger partial charge in [0.1, 0.15) is 23.4 Å². The van der Waals surface area contributed by atoms with E-state index < -0.39 is 0 Å². The van der Waals surface area contributed by atoms with E-state index in [2.05, 4.69) is 10.3 Å². The SMILES string of the molecule is O=C(Cn1cnc2c(oc3ccccc32)c1=O)NC1CCCc2occc21. The van der Waals surface area contributed by atoms with Gasteiger partial charge in [-0.25, -0.2) is 4.98 Å². The lowest BCUT2D eigenvalue weighted by atomic mass is 9.93. The van der Waals surface area contributed by atoms with E-state index in [1.54, 1.807) is 12.3 Å². The number of nitrogens with zero attached hydrogens (tertiary/aromatic N) is 2. The Balaban J connectivity index is 1.42. The van der Waals surface area contributed by atoms with Gasteiger partial charge in [0.15, 0.2) is 0 Å². The number of nitrogens with one attached hydrogen (secondary N) is 1. The third-order valence-corrected chi connectivity index (χ3v) is 5.05. The van der Waals surface area contributed by atoms with E-state index in [1.165, 1.54) is 10.9 Å². The first kappa shape index (κ1) is 15.9. The molecule has 0 fully saturated rings. The van der Waals surface area contributed by atoms with Crippen molar-refractivity contribution in [2.45, 2.75) is 31.8 Å². The molecule has 1 amide bonds. The minimum atomic E-state index is -0.362. The number of benzene rings is 1. The normalized spacial score (nSPS) is 16.5. The molecule has 136 valence electrons. The number of carbonyl (C=O) groups is 1. The highest BCUT2D eigenvalue weighted by Crippen LogP contribution is 2.30. The van der Waals surface area contributed by atoms with Crippen molar-refractivity contribution in [3.05, 3.63) is 64.6 Å². The zero-order valence-electron chi connectivity index (χ0n) is 14.5. The maximum absolute atomic E-state index is 12.7. The van der Waals surface area contributed by atoms with Crippen molar-refractivity contribution in [2.75, 3.05) is 0 Å². The largest absolute Gasteiger partial charge is 0.469 e. The molecule has 7 heteroatoms. The number of carbonyl (C=O) groups excluding carboxylic acids is 1. The minimum absolute atomic E-state index is 0.0846. The molecule has 0 bridgehead atoms. The molecule has 0 spiro atoms. The lowest BCUT2D eigenvalue weighted by molar-refractivity contribution is -0.122. The van der Waals surface area contributed by atoms with Gasteiger partial charge in [-0.1, -0.05) is 12.1 Å². The van der Waals surface area contributed by atoms with E-state index in [0.717, 1.165) is 36.0 Å². The van der Waals surface area contributed by atoms with Gasteiger partial charge in [0.05, 0.1) is 18.6 Å². The standard InChI is InChI=1S/C20H17N3O4/c24-17(22-14-5-3-7-15-12(14)8-9-26-15)10-23-11-21-18-13-4-1-2-6-16(13)27-19(18)20(23)25/h1-2,4,6,8-9,11,14H,3,5,7,10H2,(H,22,24). The molecule has 1 aliphatic carbocycles. The second-order valence-electron chi connectivity index (χ2n) is 6.77. The van der Waals surface area contributed by atoms with Gasteiger partial charge in [0.25, 0.3) is 5.56 Å². The molecule has 0 saturated carbocycles. The molecule has 4 aromatic rings. The lowest BCUT2D eigenvalue weighted by Gasteiger charge is -2.22. The molecule has 7 nitrogen and oxygen atoms in total. The molecular weight excluding hydrogens is 346 g/mol. The van der Waals surface area contributed by atoms with Crippen molar-refractivity contribution in [3.8, 4) is 0 Å². The maximum atomic E-state index is 12.7. The van der Waals surface area contributed by atoms with E-state index in [-0.39, 0.29) is 29.6 Å². The summed E-state index contributed by atoms with van der Waals surface area (Å²) in [5.74, 6) is 0.683. The number of furan rings is 2. The van der Waals surface area contributed by atoms with Crippen LogP contribution in [-0.4, -0.2) is 15.5 Å². The van der Waals surface area contributed by atoms with Crippen LogP contribution in [0.1, 0.15) is 30.2 Å². The number of fused-ring (bicyclic) bond motifs is 4. The first-order valence-electron chi connectivity index (χ1n) is 8.93. The molecule has 1 atom stereocenters. The van der Waals surface area contributed by atoms with E-state index >= 15 is 0 Å². The summed E-state index contributed by atoms with van der Waals surface area (Å²) in [6, 6.07) is 9.17. The van der Waals surface area contributed by atoms with Crippen molar-refractivity contribution < 1.29 is 13.6 Å². The molecule has 1 N–H and O–H groups in total. The van der Waals surface area contributed by atoms with Gasteiger partial charge < -0.3 is 14.2 Å². The molecule has 0 saturated heterocycles. The fourth-order valence-electron chi connectivity index (χ4n) is 3.76. The molecule has 1 aliphatic rings. The summed E-state index contributed by atoms with van der Waals surface area (Å²) in [6.45, 7) is -0.109. The third kappa shape index (κ3) is 2.63. The zero-order chi connectivity index (χ0) is 18.4. The Morgan fingerprint density at radius 3 is 3.11 bits per heavy atom. The van der Waals surface area contributed by atoms with Gasteiger partial charge >= 0.3 is 0 Å². The number of amides is 1. The molecule has 27 heavy (non-hydrogen) atoms. The predicted octanol–water partition coefficient (Wildman–Crippen LogP) is 2.93. The number of rotatable bonds is 3. The summed E-state index contributed by atoms with van der Waals surface area (Å²) in [5, 5.41) is 3.78. The predicted molar refractivity (Wildman–Crippen MR) is 98.3 cm³/mol. The Labute approximate surface area is 153 Å². The number of para-hydroxylation sites is 1. The zero-order valence-corrected chi connectivity index (χ0v) is 14.5. The van der Waals surface area contributed by atoms with E-state index in [4.69, 9.17) is 8.83 Å². The first-order valence-corrected chi connectivity index (χ1v) is 8.93. The Morgan fingerprint density at radius 2 is 2.19 bits per heavy atom. The minimum Gasteiger partial charge on any atom is -0.469 e. The monoisotopic (exact) mass is 363 g/mol.